The number of aromatic nitrogens is 3. The van der Waals surface area contributed by atoms with Crippen LogP contribution in [0.15, 0.2) is 23.4 Å². The van der Waals surface area contributed by atoms with E-state index in [2.05, 4.69) is 21.3 Å². The minimum absolute atomic E-state index is 0.552. The van der Waals surface area contributed by atoms with Crippen molar-refractivity contribution in [3.8, 4) is 29.0 Å². The van der Waals surface area contributed by atoms with Crippen LogP contribution in [-0.2, 0) is 0 Å². The van der Waals surface area contributed by atoms with E-state index in [1.54, 1.807) is 20.3 Å². The van der Waals surface area contributed by atoms with Crippen LogP contribution >= 0.6 is 11.8 Å². The zero-order valence-electron chi connectivity index (χ0n) is 11.9. The van der Waals surface area contributed by atoms with Gasteiger partial charge >= 0.3 is 0 Å². The highest BCUT2D eigenvalue weighted by Gasteiger charge is 2.12. The standard InChI is InChI=1S/C14H16N4O2S/c1-19-10-5-6-11(12(9-10)20-2)13-16-14(18-17-13)21-8-4-3-7-15/h5-6,9H,3-4,8H2,1-2H3,(H,16,17,18). The molecule has 0 spiro atoms. The first-order valence-corrected chi connectivity index (χ1v) is 7.41. The van der Waals surface area contributed by atoms with Crippen LogP contribution < -0.4 is 9.47 Å². The van der Waals surface area contributed by atoms with Crippen molar-refractivity contribution in [2.75, 3.05) is 20.0 Å². The second kappa shape index (κ2) is 7.55. The number of benzene rings is 1. The SMILES string of the molecule is COc1ccc(-c2nc(SCCCC#N)n[nH]2)c(OC)c1. The molecule has 0 aliphatic rings. The quantitative estimate of drug-likeness (QED) is 0.625. The van der Waals surface area contributed by atoms with Gasteiger partial charge in [0.1, 0.15) is 11.5 Å². The normalized spacial score (nSPS) is 10.1. The summed E-state index contributed by atoms with van der Waals surface area (Å²) in [7, 11) is 3.21. The molecular formula is C14H16N4O2S. The average Bonchev–Trinajstić information content (AvgIpc) is 2.99. The van der Waals surface area contributed by atoms with E-state index < -0.39 is 0 Å². The number of nitrogens with one attached hydrogen (secondary N) is 1. The Morgan fingerprint density at radius 1 is 1.33 bits per heavy atom. The summed E-state index contributed by atoms with van der Waals surface area (Å²) < 4.78 is 10.5. The molecule has 0 radical (unpaired) electrons. The van der Waals surface area contributed by atoms with Crippen LogP contribution in [0, 0.1) is 11.3 Å². The van der Waals surface area contributed by atoms with Crippen LogP contribution in [0.5, 0.6) is 11.5 Å². The largest absolute Gasteiger partial charge is 0.497 e. The molecule has 1 aromatic heterocycles. The van der Waals surface area contributed by atoms with Gasteiger partial charge in [0.2, 0.25) is 5.16 Å². The summed E-state index contributed by atoms with van der Waals surface area (Å²) in [6.45, 7) is 0. The number of methoxy groups -OCH3 is 2. The summed E-state index contributed by atoms with van der Waals surface area (Å²) in [4.78, 5) is 4.43. The third-order valence-electron chi connectivity index (χ3n) is 2.79. The van der Waals surface area contributed by atoms with Crippen LogP contribution in [0.4, 0.5) is 0 Å². The van der Waals surface area contributed by atoms with Crippen LogP contribution in [0.1, 0.15) is 12.8 Å². The molecule has 1 N–H and O–H groups in total. The Balaban J connectivity index is 2.12. The molecule has 0 unspecified atom stereocenters. The first kappa shape index (κ1) is 15.2. The molecule has 0 saturated heterocycles. The van der Waals surface area contributed by atoms with E-state index >= 15 is 0 Å². The Morgan fingerprint density at radius 2 is 2.19 bits per heavy atom. The number of nitriles is 1. The first-order valence-electron chi connectivity index (χ1n) is 6.43. The maximum atomic E-state index is 8.50. The molecule has 0 amide bonds. The molecule has 0 fully saturated rings. The van der Waals surface area contributed by atoms with Gasteiger partial charge in [0.25, 0.3) is 0 Å². The Kier molecular flexibility index (Phi) is 5.46. The number of unbranched alkanes of at least 4 members (excludes halogenated alkanes) is 1. The van der Waals surface area contributed by atoms with Crippen LogP contribution in [-0.4, -0.2) is 35.2 Å². The van der Waals surface area contributed by atoms with Gasteiger partial charge in [-0.1, -0.05) is 11.8 Å². The molecule has 21 heavy (non-hydrogen) atoms. The second-order valence-electron chi connectivity index (χ2n) is 4.14. The lowest BCUT2D eigenvalue weighted by Crippen LogP contribution is -1.91. The summed E-state index contributed by atoms with van der Waals surface area (Å²) in [5, 5.41) is 16.2. The highest BCUT2D eigenvalue weighted by Crippen LogP contribution is 2.32. The van der Waals surface area contributed by atoms with Crippen LogP contribution in [0.3, 0.4) is 0 Å². The van der Waals surface area contributed by atoms with Crippen molar-refractivity contribution in [1.82, 2.24) is 15.2 Å². The zero-order valence-corrected chi connectivity index (χ0v) is 12.7. The van der Waals surface area contributed by atoms with Crippen molar-refractivity contribution >= 4 is 11.8 Å². The highest BCUT2D eigenvalue weighted by atomic mass is 32.2. The molecule has 1 aromatic carbocycles. The van der Waals surface area contributed by atoms with Gasteiger partial charge in [-0.25, -0.2) is 4.98 Å². The van der Waals surface area contributed by atoms with E-state index in [4.69, 9.17) is 14.7 Å². The Labute approximate surface area is 127 Å². The van der Waals surface area contributed by atoms with Crippen molar-refractivity contribution in [2.45, 2.75) is 18.0 Å². The number of ether oxygens (including phenoxy) is 2. The summed E-state index contributed by atoms with van der Waals surface area (Å²) in [6, 6.07) is 7.65. The fourth-order valence-electron chi connectivity index (χ4n) is 1.74. The number of nitrogens with zero attached hydrogens (tertiary/aromatic N) is 3. The van der Waals surface area contributed by atoms with Crippen LogP contribution in [0.25, 0.3) is 11.4 Å². The van der Waals surface area contributed by atoms with Gasteiger partial charge in [0.15, 0.2) is 5.82 Å². The van der Waals surface area contributed by atoms with Crippen molar-refractivity contribution < 1.29 is 9.47 Å². The van der Waals surface area contributed by atoms with Gasteiger partial charge in [-0.05, 0) is 18.6 Å². The van der Waals surface area contributed by atoms with Gasteiger partial charge in [-0.15, -0.1) is 5.10 Å². The minimum Gasteiger partial charge on any atom is -0.497 e. The molecule has 0 bridgehead atoms. The molecule has 1 heterocycles. The third-order valence-corrected chi connectivity index (χ3v) is 3.73. The van der Waals surface area contributed by atoms with Gasteiger partial charge in [-0.2, -0.15) is 5.26 Å². The van der Waals surface area contributed by atoms with Gasteiger partial charge in [0, 0.05) is 18.2 Å². The Bertz CT molecular complexity index is 636. The summed E-state index contributed by atoms with van der Waals surface area (Å²) in [5.41, 5.74) is 0.828. The van der Waals surface area contributed by atoms with E-state index in [1.807, 2.05) is 12.1 Å². The lowest BCUT2D eigenvalue weighted by molar-refractivity contribution is 0.395. The topological polar surface area (TPSA) is 83.8 Å². The smallest absolute Gasteiger partial charge is 0.208 e. The maximum absolute atomic E-state index is 8.50. The van der Waals surface area contributed by atoms with Gasteiger partial charge < -0.3 is 9.47 Å². The fraction of sp³-hybridized carbons (Fsp3) is 0.357. The van der Waals surface area contributed by atoms with E-state index in [1.165, 1.54) is 11.8 Å². The summed E-state index contributed by atoms with van der Waals surface area (Å²) in [5.74, 6) is 2.87. The average molecular weight is 304 g/mol. The number of H-pyrrole nitrogens is 1. The van der Waals surface area contributed by atoms with Gasteiger partial charge in [-0.3, -0.25) is 5.10 Å². The van der Waals surface area contributed by atoms with E-state index in [0.29, 0.717) is 23.2 Å². The van der Waals surface area contributed by atoms with E-state index in [9.17, 15) is 0 Å². The molecule has 2 rings (SSSR count). The zero-order chi connectivity index (χ0) is 15.1. The second-order valence-corrected chi connectivity index (χ2v) is 5.21. The molecule has 0 saturated carbocycles. The molecule has 0 aliphatic carbocycles. The minimum atomic E-state index is 0.552. The molecule has 2 aromatic rings. The maximum Gasteiger partial charge on any atom is 0.208 e. The lowest BCUT2D eigenvalue weighted by atomic mass is 10.2. The predicted molar refractivity (Wildman–Crippen MR) is 80.5 cm³/mol. The Hall–Kier alpha value is -2.20. The molecule has 7 heteroatoms. The number of thioether (sulfide) groups is 1. The number of rotatable bonds is 7. The summed E-state index contributed by atoms with van der Waals surface area (Å²) in [6.07, 6.45) is 1.38. The van der Waals surface area contributed by atoms with E-state index in [-0.39, 0.29) is 0 Å². The van der Waals surface area contributed by atoms with Gasteiger partial charge in [0.05, 0.1) is 25.9 Å². The monoisotopic (exact) mass is 304 g/mol. The first-order chi connectivity index (χ1) is 10.3. The third kappa shape index (κ3) is 3.89. The van der Waals surface area contributed by atoms with E-state index in [0.717, 1.165) is 23.5 Å². The van der Waals surface area contributed by atoms with Crippen LogP contribution in [0.2, 0.25) is 0 Å². The Morgan fingerprint density at radius 3 is 2.90 bits per heavy atom. The van der Waals surface area contributed by atoms with Crippen molar-refractivity contribution in [3.05, 3.63) is 18.2 Å². The molecule has 110 valence electrons. The van der Waals surface area contributed by atoms with Crippen molar-refractivity contribution in [1.29, 1.82) is 5.26 Å². The molecule has 0 aliphatic heterocycles. The van der Waals surface area contributed by atoms with Crippen molar-refractivity contribution in [3.63, 3.8) is 0 Å². The summed E-state index contributed by atoms with van der Waals surface area (Å²) >= 11 is 1.53. The number of hydrogen-bond acceptors (Lipinski definition) is 6. The predicted octanol–water partition coefficient (Wildman–Crippen LogP) is 2.88. The number of aromatic amines is 1. The number of hydrogen-bond donors (Lipinski definition) is 1. The fourth-order valence-corrected chi connectivity index (χ4v) is 2.48. The lowest BCUT2D eigenvalue weighted by Gasteiger charge is -2.07. The molecule has 6 nitrogen and oxygen atoms in total. The highest BCUT2D eigenvalue weighted by molar-refractivity contribution is 7.99. The molecule has 0 atom stereocenters. The molecular weight excluding hydrogens is 288 g/mol. The van der Waals surface area contributed by atoms with Crippen molar-refractivity contribution in [2.24, 2.45) is 0 Å².